The topological polar surface area (TPSA) is 59.5 Å². The number of fused-ring (bicyclic) bond motifs is 2. The van der Waals surface area contributed by atoms with Crippen molar-refractivity contribution in [1.82, 2.24) is 4.98 Å². The van der Waals surface area contributed by atoms with E-state index in [9.17, 15) is 8.42 Å². The third-order valence-corrected chi connectivity index (χ3v) is 6.66. The number of hydrogen-bond acceptors (Lipinski definition) is 4. The van der Waals surface area contributed by atoms with Crippen molar-refractivity contribution in [2.75, 3.05) is 10.9 Å². The number of pyridine rings is 1. The number of ether oxygens (including phenoxy) is 1. The molecule has 0 fully saturated rings. The van der Waals surface area contributed by atoms with Crippen molar-refractivity contribution in [2.45, 2.75) is 31.2 Å². The van der Waals surface area contributed by atoms with Gasteiger partial charge in [0.25, 0.3) is 10.0 Å². The maximum atomic E-state index is 13.5. The third kappa shape index (κ3) is 2.52. The first kappa shape index (κ1) is 16.8. The Balaban J connectivity index is 1.92. The van der Waals surface area contributed by atoms with E-state index in [0.29, 0.717) is 29.7 Å². The Kier molecular flexibility index (Phi) is 4.07. The van der Waals surface area contributed by atoms with Gasteiger partial charge in [-0.25, -0.2) is 8.42 Å². The van der Waals surface area contributed by atoms with E-state index >= 15 is 0 Å². The summed E-state index contributed by atoms with van der Waals surface area (Å²) in [4.78, 5) is 4.61. The lowest BCUT2D eigenvalue weighted by Crippen LogP contribution is -2.35. The van der Waals surface area contributed by atoms with Crippen LogP contribution in [0.5, 0.6) is 5.75 Å². The van der Waals surface area contributed by atoms with Crippen LogP contribution >= 0.6 is 0 Å². The molecule has 134 valence electrons. The summed E-state index contributed by atoms with van der Waals surface area (Å²) in [6, 6.07) is 14.4. The summed E-state index contributed by atoms with van der Waals surface area (Å²) in [5.74, 6) is 0.594. The highest BCUT2D eigenvalue weighted by Gasteiger charge is 2.36. The van der Waals surface area contributed by atoms with Gasteiger partial charge in [0.1, 0.15) is 11.3 Å². The lowest BCUT2D eigenvalue weighted by molar-refractivity contribution is 0.343. The van der Waals surface area contributed by atoms with Crippen molar-refractivity contribution < 1.29 is 13.2 Å². The molecule has 5 nitrogen and oxygen atoms in total. The van der Waals surface area contributed by atoms with Crippen molar-refractivity contribution in [3.8, 4) is 5.75 Å². The molecule has 1 unspecified atom stereocenters. The largest absolute Gasteiger partial charge is 0.492 e. The molecule has 0 amide bonds. The first-order chi connectivity index (χ1) is 12.5. The Morgan fingerprint density at radius 2 is 1.96 bits per heavy atom. The summed E-state index contributed by atoms with van der Waals surface area (Å²) in [5, 5.41) is 0.579. The highest BCUT2D eigenvalue weighted by atomic mass is 32.2. The molecular weight excluding hydrogens is 348 g/mol. The van der Waals surface area contributed by atoms with Crippen molar-refractivity contribution in [1.29, 1.82) is 0 Å². The van der Waals surface area contributed by atoms with Crippen LogP contribution in [-0.2, 0) is 16.4 Å². The van der Waals surface area contributed by atoms with Crippen molar-refractivity contribution in [3.63, 3.8) is 0 Å². The zero-order valence-corrected chi connectivity index (χ0v) is 15.5. The van der Waals surface area contributed by atoms with Gasteiger partial charge >= 0.3 is 0 Å². The maximum absolute atomic E-state index is 13.5. The fraction of sp³-hybridized carbons (Fsp3) is 0.250. The molecule has 0 spiro atoms. The number of anilines is 1. The number of rotatable bonds is 4. The van der Waals surface area contributed by atoms with Gasteiger partial charge in [-0.05, 0) is 56.2 Å². The molecule has 1 aliphatic rings. The van der Waals surface area contributed by atoms with Gasteiger partial charge < -0.3 is 4.74 Å². The molecule has 0 aliphatic carbocycles. The number of hydrogen-bond donors (Lipinski definition) is 0. The van der Waals surface area contributed by atoms with E-state index in [4.69, 9.17) is 4.74 Å². The standard InChI is InChI=1S/C20H20N2O3S/c1-3-25-18-10-11-19(16-8-6-12-21-20(16)18)26(23,24)22-14(2)13-15-7-4-5-9-17(15)22/h4-12,14H,3,13H2,1-2H3. The van der Waals surface area contributed by atoms with Crippen LogP contribution in [0.2, 0.25) is 0 Å². The van der Waals surface area contributed by atoms with Crippen LogP contribution in [0.1, 0.15) is 19.4 Å². The van der Waals surface area contributed by atoms with Crippen LogP contribution in [0.4, 0.5) is 5.69 Å². The quantitative estimate of drug-likeness (QED) is 0.703. The summed E-state index contributed by atoms with van der Waals surface area (Å²) in [6.07, 6.45) is 2.36. The number of benzene rings is 2. The Morgan fingerprint density at radius 1 is 1.15 bits per heavy atom. The predicted molar refractivity (Wildman–Crippen MR) is 102 cm³/mol. The van der Waals surface area contributed by atoms with Crippen LogP contribution in [0.3, 0.4) is 0 Å². The molecule has 0 saturated heterocycles. The highest BCUT2D eigenvalue weighted by Crippen LogP contribution is 2.39. The molecule has 0 bridgehead atoms. The van der Waals surface area contributed by atoms with E-state index in [1.165, 1.54) is 4.31 Å². The summed E-state index contributed by atoms with van der Waals surface area (Å²) in [7, 11) is -3.72. The lowest BCUT2D eigenvalue weighted by atomic mass is 10.1. The van der Waals surface area contributed by atoms with Gasteiger partial charge in [0.2, 0.25) is 0 Å². The predicted octanol–water partition coefficient (Wildman–Crippen LogP) is 3.77. The molecule has 2 heterocycles. The average Bonchev–Trinajstić information content (AvgIpc) is 2.98. The Hall–Kier alpha value is -2.60. The molecule has 4 rings (SSSR count). The zero-order valence-electron chi connectivity index (χ0n) is 14.7. The summed E-state index contributed by atoms with van der Waals surface area (Å²) in [6.45, 7) is 4.32. The van der Waals surface area contributed by atoms with E-state index in [0.717, 1.165) is 11.3 Å². The fourth-order valence-corrected chi connectivity index (χ4v) is 5.51. The maximum Gasteiger partial charge on any atom is 0.265 e. The molecule has 1 atom stereocenters. The molecule has 0 N–H and O–H groups in total. The monoisotopic (exact) mass is 368 g/mol. The summed E-state index contributed by atoms with van der Waals surface area (Å²) < 4.78 is 34.2. The Labute approximate surface area is 153 Å². The van der Waals surface area contributed by atoms with Gasteiger partial charge in [-0.15, -0.1) is 0 Å². The normalized spacial score (nSPS) is 16.7. The molecule has 1 aliphatic heterocycles. The molecule has 0 saturated carbocycles. The second-order valence-electron chi connectivity index (χ2n) is 6.38. The molecule has 2 aromatic carbocycles. The Bertz CT molecular complexity index is 1080. The minimum absolute atomic E-state index is 0.129. The molecule has 3 aromatic rings. The lowest BCUT2D eigenvalue weighted by Gasteiger charge is -2.25. The second kappa shape index (κ2) is 6.29. The van der Waals surface area contributed by atoms with Gasteiger partial charge in [-0.1, -0.05) is 18.2 Å². The Morgan fingerprint density at radius 3 is 2.77 bits per heavy atom. The van der Waals surface area contributed by atoms with Gasteiger partial charge in [-0.3, -0.25) is 9.29 Å². The van der Waals surface area contributed by atoms with E-state index in [2.05, 4.69) is 4.98 Å². The van der Waals surface area contributed by atoms with Gasteiger partial charge in [-0.2, -0.15) is 0 Å². The van der Waals surface area contributed by atoms with Crippen LogP contribution in [0.15, 0.2) is 59.6 Å². The van der Waals surface area contributed by atoms with Crippen LogP contribution in [0.25, 0.3) is 10.9 Å². The highest BCUT2D eigenvalue weighted by molar-refractivity contribution is 7.93. The number of nitrogens with zero attached hydrogens (tertiary/aromatic N) is 2. The molecule has 26 heavy (non-hydrogen) atoms. The van der Waals surface area contributed by atoms with Crippen LogP contribution < -0.4 is 9.04 Å². The third-order valence-electron chi connectivity index (χ3n) is 4.67. The van der Waals surface area contributed by atoms with E-state index < -0.39 is 10.0 Å². The second-order valence-corrected chi connectivity index (χ2v) is 8.16. The first-order valence-corrected chi connectivity index (χ1v) is 10.1. The average molecular weight is 368 g/mol. The van der Waals surface area contributed by atoms with Gasteiger partial charge in [0, 0.05) is 17.6 Å². The number of sulfonamides is 1. The summed E-state index contributed by atoms with van der Waals surface area (Å²) >= 11 is 0. The van der Waals surface area contributed by atoms with E-state index in [1.54, 1.807) is 30.5 Å². The number of para-hydroxylation sites is 1. The molecule has 6 heteroatoms. The molecule has 0 radical (unpaired) electrons. The van der Waals surface area contributed by atoms with Gasteiger partial charge in [0.05, 0.1) is 17.2 Å². The minimum Gasteiger partial charge on any atom is -0.492 e. The fourth-order valence-electron chi connectivity index (χ4n) is 3.63. The van der Waals surface area contributed by atoms with Crippen molar-refractivity contribution >= 4 is 26.6 Å². The summed E-state index contributed by atoms with van der Waals surface area (Å²) in [5.41, 5.74) is 2.37. The van der Waals surface area contributed by atoms with Gasteiger partial charge in [0.15, 0.2) is 0 Å². The van der Waals surface area contributed by atoms with E-state index in [-0.39, 0.29) is 10.9 Å². The van der Waals surface area contributed by atoms with E-state index in [1.807, 2.05) is 38.1 Å². The first-order valence-electron chi connectivity index (χ1n) is 8.67. The molecule has 1 aromatic heterocycles. The smallest absolute Gasteiger partial charge is 0.265 e. The van der Waals surface area contributed by atoms with Crippen LogP contribution in [-0.4, -0.2) is 26.1 Å². The minimum atomic E-state index is -3.72. The van der Waals surface area contributed by atoms with Crippen molar-refractivity contribution in [2.24, 2.45) is 0 Å². The zero-order chi connectivity index (χ0) is 18.3. The molecular formula is C20H20N2O3S. The van der Waals surface area contributed by atoms with Crippen molar-refractivity contribution in [3.05, 3.63) is 60.3 Å². The SMILES string of the molecule is CCOc1ccc(S(=O)(=O)N2c3ccccc3CC2C)c2cccnc12. The number of aromatic nitrogens is 1. The van der Waals surface area contributed by atoms with Crippen LogP contribution in [0, 0.1) is 0 Å².